The van der Waals surface area contributed by atoms with E-state index in [9.17, 15) is 37.1 Å². The Bertz CT molecular complexity index is 5800. The van der Waals surface area contributed by atoms with Gasteiger partial charge in [-0.05, 0) is 274 Å². The van der Waals surface area contributed by atoms with Gasteiger partial charge in [-0.2, -0.15) is 13.2 Å². The molecule has 20 nitrogen and oxygen atoms in total. The van der Waals surface area contributed by atoms with Crippen LogP contribution in [0, 0.1) is 83.1 Å². The standard InChI is InChI=1S/C13H15N3OS.3C12H13N3OS.C11H11N3OS.C11H16.C9H12.C8H7F3.C7H7Br.C7H6Cl2/c1-10-7-8-11(18-10)13(17)16(3)15(2)12-6-4-5-9-14-12;1-9-3-4-11(17-9)12(16)14-15(2)10-5-7-13-8-6-10;1-9-5-6-11(17-9)12(16)15(2)14-10-4-3-7-13-8-10;1-9-2-3-11(17-9)12(16)15(13)8-10-4-6-14-7-5-10;1-8-5-6-9(16-8)11(15)14-13-10-4-2-3-7-12-10;1-9-5-7-10(8-6-9)11(2,3)4;1-7-4-5-8(2)9(3)6-7;1-6-2-4-7(5-3-6)8(9,10)11;1-6-2-4-7(8)5-3-6;1-5-2-3-6(8)7(9)4-5/h4-9H,1-3H3;3-8H,1-2H3,(H,14,16);3-8,14H,1-2H3;2-7H,8,13H2,1H3;2-7H,1H3,(H,12,13)(H,14,15);5-8H,1-4H3;4-6H,1-3H3;2-5H,1H3;2-5H,1H3;2-4H,1H3. The molecule has 0 bridgehead atoms. The molecule has 0 aliphatic heterocycles. The molecule has 698 valence electrons. The Morgan fingerprint density at radius 3 is 1.31 bits per heavy atom. The van der Waals surface area contributed by atoms with Gasteiger partial charge in [-0.3, -0.25) is 85.7 Å². The van der Waals surface area contributed by atoms with Crippen molar-refractivity contribution in [1.29, 1.82) is 0 Å². The van der Waals surface area contributed by atoms with E-state index in [0.717, 1.165) is 84.6 Å². The van der Waals surface area contributed by atoms with Crippen LogP contribution in [0.25, 0.3) is 0 Å². The van der Waals surface area contributed by atoms with Gasteiger partial charge in [0.15, 0.2) is 0 Å². The molecular weight excluding hydrogens is 1880 g/mol. The number of amides is 5. The van der Waals surface area contributed by atoms with Crippen molar-refractivity contribution in [2.24, 2.45) is 5.84 Å². The van der Waals surface area contributed by atoms with Gasteiger partial charge >= 0.3 is 6.18 Å². The summed E-state index contributed by atoms with van der Waals surface area (Å²) >= 11 is 22.1. The second-order valence-electron chi connectivity index (χ2n) is 30.9. The Labute approximate surface area is 817 Å². The first-order chi connectivity index (χ1) is 63.0. The van der Waals surface area contributed by atoms with Crippen molar-refractivity contribution >= 4 is 148 Å². The smallest absolute Gasteiger partial charge is 0.294 e. The fourth-order valence-corrected chi connectivity index (χ4v) is 15.4. The molecule has 15 aromatic rings. The van der Waals surface area contributed by atoms with Crippen molar-refractivity contribution in [2.45, 2.75) is 122 Å². The van der Waals surface area contributed by atoms with Crippen LogP contribution in [0.5, 0.6) is 0 Å². The maximum absolute atomic E-state index is 12.2. The number of nitrogens with zero attached hydrogens (tertiary/aromatic N) is 10. The molecule has 10 heterocycles. The maximum atomic E-state index is 12.2. The van der Waals surface area contributed by atoms with E-state index in [1.54, 1.807) is 117 Å². The van der Waals surface area contributed by atoms with E-state index in [1.165, 1.54) is 112 Å². The highest BCUT2D eigenvalue weighted by Gasteiger charge is 2.30. The summed E-state index contributed by atoms with van der Waals surface area (Å²) in [6.45, 7) is 31.3. The molecule has 6 N–H and O–H groups in total. The molecule has 0 spiro atoms. The third kappa shape index (κ3) is 40.8. The predicted molar refractivity (Wildman–Crippen MR) is 550 cm³/mol. The lowest BCUT2D eigenvalue weighted by molar-refractivity contribution is -0.137. The van der Waals surface area contributed by atoms with Crippen LogP contribution >= 0.6 is 95.8 Å². The number of aryl methyl sites for hydroxylation is 12. The van der Waals surface area contributed by atoms with E-state index < -0.39 is 11.7 Å². The molecule has 0 saturated heterocycles. The molecule has 0 aliphatic rings. The molecule has 10 aromatic heterocycles. The molecule has 0 fully saturated rings. The molecular formula is C102H113BrCl2F3N15O5S5. The van der Waals surface area contributed by atoms with E-state index in [2.05, 4.69) is 173 Å². The summed E-state index contributed by atoms with van der Waals surface area (Å²) in [5, 5.41) is 8.89. The summed E-state index contributed by atoms with van der Waals surface area (Å²) in [7, 11) is 7.06. The lowest BCUT2D eigenvalue weighted by atomic mass is 9.87. The van der Waals surface area contributed by atoms with Crippen LogP contribution in [-0.4, -0.2) is 97.7 Å². The van der Waals surface area contributed by atoms with Crippen LogP contribution in [0.2, 0.25) is 10.0 Å². The summed E-state index contributed by atoms with van der Waals surface area (Å²) in [6.07, 6.45) is 9.25. The third-order valence-corrected chi connectivity index (χ3v) is 24.7. The second kappa shape index (κ2) is 55.9. The molecule has 31 heteroatoms. The van der Waals surface area contributed by atoms with Gasteiger partial charge in [-0.1, -0.05) is 167 Å². The number of carbonyl (C=O) groups is 5. The lowest BCUT2D eigenvalue weighted by Crippen LogP contribution is -2.41. The fourth-order valence-electron chi connectivity index (χ4n) is 10.8. The van der Waals surface area contributed by atoms with Gasteiger partial charge in [0.2, 0.25) is 0 Å². The molecule has 0 unspecified atom stereocenters. The number of alkyl halides is 3. The molecule has 0 radical (unpaired) electrons. The number of carbonyl (C=O) groups excluding carboxylic acids is 5. The number of halogens is 6. The van der Waals surface area contributed by atoms with Crippen molar-refractivity contribution in [2.75, 3.05) is 49.1 Å². The first kappa shape index (κ1) is 109. The Hall–Kier alpha value is -12.3. The summed E-state index contributed by atoms with van der Waals surface area (Å²) in [5.74, 6) is 6.64. The number of pyridine rings is 5. The minimum atomic E-state index is -4.21. The largest absolute Gasteiger partial charge is 0.416 e. The Morgan fingerprint density at radius 1 is 0.429 bits per heavy atom. The summed E-state index contributed by atoms with van der Waals surface area (Å²) in [4.78, 5) is 88.9. The highest BCUT2D eigenvalue weighted by Crippen LogP contribution is 2.30. The zero-order chi connectivity index (χ0) is 97.9. The van der Waals surface area contributed by atoms with E-state index in [4.69, 9.17) is 29.0 Å². The number of nitrogens with two attached hydrogens (primary N) is 1. The van der Waals surface area contributed by atoms with E-state index >= 15 is 0 Å². The van der Waals surface area contributed by atoms with Crippen LogP contribution in [-0.2, 0) is 18.1 Å². The Kier molecular flexibility index (Phi) is 46.0. The number of benzene rings is 5. The van der Waals surface area contributed by atoms with Crippen LogP contribution in [0.1, 0.15) is 149 Å². The van der Waals surface area contributed by atoms with E-state index in [0.29, 0.717) is 37.0 Å². The number of aromatic nitrogens is 5. The zero-order valence-electron chi connectivity index (χ0n) is 77.8. The molecule has 15 rings (SSSR count). The number of rotatable bonds is 15. The van der Waals surface area contributed by atoms with Crippen molar-refractivity contribution in [3.8, 4) is 0 Å². The highest BCUT2D eigenvalue weighted by atomic mass is 79.9. The molecule has 5 amide bonds. The number of hydrogen-bond acceptors (Lipinski definition) is 20. The normalized spacial score (nSPS) is 10.2. The SMILES string of the molecule is Cc1ccc(Br)cc1.Cc1ccc(C(=O)N(C)N(C)c2ccccn2)s1.Cc1ccc(C(=O)N(C)Nc2cccnc2)s1.Cc1ccc(C(=O)N(N)Cc2ccncc2)s1.Cc1ccc(C(=O)NN(C)c2ccncc2)s1.Cc1ccc(C(=O)NNc2ccccn2)s1.Cc1ccc(C(C)(C)C)cc1.Cc1ccc(C(F)(F)F)cc1.Cc1ccc(C)c(C)c1.Cc1ccc(Cl)c(Cl)c1. The van der Waals surface area contributed by atoms with Crippen molar-refractivity contribution < 1.29 is 37.1 Å². The van der Waals surface area contributed by atoms with Crippen LogP contribution < -0.4 is 37.6 Å². The molecule has 0 atom stereocenters. The second-order valence-corrected chi connectivity index (χ2v) is 39.0. The molecule has 0 aliphatic carbocycles. The topological polar surface area (TPSA) is 240 Å². The average molecular weight is 2000 g/mol. The minimum absolute atomic E-state index is 0.0266. The maximum Gasteiger partial charge on any atom is 0.416 e. The first-order valence-corrected chi connectivity index (χ1v) is 47.1. The van der Waals surface area contributed by atoms with Gasteiger partial charge in [0.25, 0.3) is 29.5 Å². The van der Waals surface area contributed by atoms with Crippen LogP contribution in [0.3, 0.4) is 0 Å². The fraction of sp³-hybridized carbons (Fsp3) is 0.216. The van der Waals surface area contributed by atoms with Gasteiger partial charge in [0.05, 0.1) is 64.1 Å². The van der Waals surface area contributed by atoms with Crippen molar-refractivity contribution in [3.05, 3.63) is 411 Å². The van der Waals surface area contributed by atoms with Gasteiger partial charge in [-0.15, -0.1) is 56.7 Å². The Morgan fingerprint density at radius 2 is 0.880 bits per heavy atom. The van der Waals surface area contributed by atoms with Crippen LogP contribution in [0.4, 0.5) is 36.2 Å². The van der Waals surface area contributed by atoms with Crippen molar-refractivity contribution in [3.63, 3.8) is 0 Å². The molecule has 5 aromatic carbocycles. The van der Waals surface area contributed by atoms with E-state index in [1.807, 2.05) is 188 Å². The Balaban J connectivity index is 0.000000230. The monoisotopic (exact) mass is 1990 g/mol. The number of thiophene rings is 5. The quantitative estimate of drug-likeness (QED) is 0.0364. The zero-order valence-corrected chi connectivity index (χ0v) is 85.0. The van der Waals surface area contributed by atoms with E-state index in [-0.39, 0.29) is 35.0 Å². The van der Waals surface area contributed by atoms with Crippen molar-refractivity contribution in [1.82, 2.24) is 50.8 Å². The van der Waals surface area contributed by atoms with Crippen LogP contribution in [0.15, 0.2) is 297 Å². The summed E-state index contributed by atoms with van der Waals surface area (Å²) < 4.78 is 36.9. The van der Waals surface area contributed by atoms with Gasteiger partial charge in [0, 0.05) is 100 Å². The van der Waals surface area contributed by atoms with Gasteiger partial charge < -0.3 is 0 Å². The summed E-state index contributed by atoms with van der Waals surface area (Å²) in [6, 6.07) is 74.9. The highest BCUT2D eigenvalue weighted by molar-refractivity contribution is 9.10. The third-order valence-electron chi connectivity index (χ3n) is 18.5. The number of hydrazine groups is 5. The molecule has 0 saturated carbocycles. The van der Waals surface area contributed by atoms with Gasteiger partial charge in [0.1, 0.15) is 11.6 Å². The number of anilines is 4. The first-order valence-electron chi connectivity index (χ1n) is 41.5. The van der Waals surface area contributed by atoms with Gasteiger partial charge in [-0.25, -0.2) is 15.8 Å². The predicted octanol–water partition coefficient (Wildman–Crippen LogP) is 26.5. The minimum Gasteiger partial charge on any atom is -0.294 e. The summed E-state index contributed by atoms with van der Waals surface area (Å²) in [5.41, 5.74) is 23.6. The average Bonchev–Trinajstić information content (AvgIpc) is 0.962. The lowest BCUT2D eigenvalue weighted by Gasteiger charge is -2.28. The molecule has 133 heavy (non-hydrogen) atoms. The number of nitrogens with one attached hydrogen (secondary N) is 4. The number of hydrogen-bond donors (Lipinski definition) is 5.